The fourth-order valence-electron chi connectivity index (χ4n) is 1.96. The van der Waals surface area contributed by atoms with Crippen molar-refractivity contribution in [2.75, 3.05) is 0 Å². The second-order valence-electron chi connectivity index (χ2n) is 5.75. The zero-order valence-electron chi connectivity index (χ0n) is 11.4. The number of nitrogens with one attached hydrogen (secondary N) is 2. The Labute approximate surface area is 108 Å². The van der Waals surface area contributed by atoms with Crippen LogP contribution in [0.3, 0.4) is 0 Å². The fourth-order valence-corrected chi connectivity index (χ4v) is 1.96. The number of aromatic nitrogens is 3. The van der Waals surface area contributed by atoms with E-state index < -0.39 is 0 Å². The van der Waals surface area contributed by atoms with E-state index in [0.717, 1.165) is 13.1 Å². The van der Waals surface area contributed by atoms with Crippen molar-refractivity contribution >= 4 is 0 Å². The molecule has 2 rings (SSSR count). The van der Waals surface area contributed by atoms with Gasteiger partial charge in [0.1, 0.15) is 0 Å². The van der Waals surface area contributed by atoms with Gasteiger partial charge in [-0.1, -0.05) is 20.8 Å². The van der Waals surface area contributed by atoms with Gasteiger partial charge >= 0.3 is 0 Å². The number of aromatic amines is 1. The van der Waals surface area contributed by atoms with Gasteiger partial charge in [-0.25, -0.2) is 4.98 Å². The minimum atomic E-state index is 0.205. The molecule has 1 unspecified atom stereocenters. The molecule has 0 amide bonds. The van der Waals surface area contributed by atoms with Gasteiger partial charge in [0.2, 0.25) is 0 Å². The van der Waals surface area contributed by atoms with E-state index in [1.54, 1.807) is 0 Å². The van der Waals surface area contributed by atoms with E-state index in [9.17, 15) is 0 Å². The summed E-state index contributed by atoms with van der Waals surface area (Å²) in [5.74, 6) is 0. The Kier molecular flexibility index (Phi) is 3.87. The van der Waals surface area contributed by atoms with E-state index in [-0.39, 0.29) is 5.41 Å². The average Bonchev–Trinajstić information content (AvgIpc) is 2.95. The monoisotopic (exact) mass is 246 g/mol. The molecular weight excluding hydrogens is 224 g/mol. The summed E-state index contributed by atoms with van der Waals surface area (Å²) in [5.41, 5.74) is 1.42. The summed E-state index contributed by atoms with van der Waals surface area (Å²) in [6.07, 6.45) is 7.66. The molecule has 0 radical (unpaired) electrons. The molecule has 0 aliphatic carbocycles. The molecule has 0 aliphatic rings. The molecule has 2 N–H and O–H groups in total. The second kappa shape index (κ2) is 5.40. The van der Waals surface area contributed by atoms with Gasteiger partial charge in [0.15, 0.2) is 0 Å². The minimum absolute atomic E-state index is 0.205. The summed E-state index contributed by atoms with van der Waals surface area (Å²) in [5, 5.41) is 3.62. The third-order valence-corrected chi connectivity index (χ3v) is 3.20. The zero-order chi connectivity index (χ0) is 13.0. The highest BCUT2D eigenvalue weighted by molar-refractivity contribution is 5.03. The molecule has 2 aromatic heterocycles. The van der Waals surface area contributed by atoms with Gasteiger partial charge in [-0.3, -0.25) is 0 Å². The molecular formula is C14H22N4. The standard InChI is InChI=1S/C14H22N4/c1-14(2,3)13(10-18-8-7-15-11-18)17-9-12-5-4-6-16-12/h4-8,11,13,16-17H,9-10H2,1-3H3. The highest BCUT2D eigenvalue weighted by atomic mass is 15.1. The Morgan fingerprint density at radius 2 is 2.28 bits per heavy atom. The molecule has 0 saturated carbocycles. The first-order valence-electron chi connectivity index (χ1n) is 6.37. The lowest BCUT2D eigenvalue weighted by Gasteiger charge is -2.32. The van der Waals surface area contributed by atoms with Gasteiger partial charge in [-0.2, -0.15) is 0 Å². The molecule has 0 bridgehead atoms. The van der Waals surface area contributed by atoms with Gasteiger partial charge in [0.25, 0.3) is 0 Å². The maximum atomic E-state index is 4.10. The third kappa shape index (κ3) is 3.47. The zero-order valence-corrected chi connectivity index (χ0v) is 11.4. The summed E-state index contributed by atoms with van der Waals surface area (Å²) in [6, 6.07) is 4.53. The van der Waals surface area contributed by atoms with E-state index >= 15 is 0 Å². The van der Waals surface area contributed by atoms with E-state index in [1.807, 2.05) is 31.0 Å². The number of hydrogen-bond donors (Lipinski definition) is 2. The molecule has 1 atom stereocenters. The molecule has 18 heavy (non-hydrogen) atoms. The molecule has 98 valence electrons. The largest absolute Gasteiger partial charge is 0.364 e. The van der Waals surface area contributed by atoms with Crippen molar-refractivity contribution in [3.8, 4) is 0 Å². The Balaban J connectivity index is 1.97. The lowest BCUT2D eigenvalue weighted by Crippen LogP contribution is -2.43. The summed E-state index contributed by atoms with van der Waals surface area (Å²) in [7, 11) is 0. The number of hydrogen-bond acceptors (Lipinski definition) is 2. The molecule has 0 aliphatic heterocycles. The maximum absolute atomic E-state index is 4.10. The molecule has 2 aromatic rings. The molecule has 4 heteroatoms. The Morgan fingerprint density at radius 1 is 1.44 bits per heavy atom. The van der Waals surface area contributed by atoms with Crippen LogP contribution < -0.4 is 5.32 Å². The van der Waals surface area contributed by atoms with Crippen molar-refractivity contribution in [2.45, 2.75) is 39.9 Å². The van der Waals surface area contributed by atoms with Crippen molar-refractivity contribution < 1.29 is 0 Å². The number of nitrogens with zero attached hydrogens (tertiary/aromatic N) is 2. The Bertz CT molecular complexity index is 437. The van der Waals surface area contributed by atoms with Gasteiger partial charge in [0.05, 0.1) is 6.33 Å². The van der Waals surface area contributed by atoms with Crippen LogP contribution in [0.1, 0.15) is 26.5 Å². The maximum Gasteiger partial charge on any atom is 0.0946 e. The molecule has 4 nitrogen and oxygen atoms in total. The van der Waals surface area contributed by atoms with Crippen LogP contribution in [-0.4, -0.2) is 20.6 Å². The first-order chi connectivity index (χ1) is 8.55. The van der Waals surface area contributed by atoms with Crippen molar-refractivity contribution in [3.05, 3.63) is 42.7 Å². The van der Waals surface area contributed by atoms with Gasteiger partial charge in [-0.05, 0) is 17.5 Å². The van der Waals surface area contributed by atoms with Crippen LogP contribution in [0, 0.1) is 5.41 Å². The summed E-state index contributed by atoms with van der Waals surface area (Å²) in [6.45, 7) is 8.58. The van der Waals surface area contributed by atoms with E-state index in [0.29, 0.717) is 6.04 Å². The number of rotatable bonds is 5. The summed E-state index contributed by atoms with van der Waals surface area (Å²) in [4.78, 5) is 7.32. The van der Waals surface area contributed by atoms with Crippen molar-refractivity contribution in [1.29, 1.82) is 0 Å². The van der Waals surface area contributed by atoms with Crippen LogP contribution in [-0.2, 0) is 13.1 Å². The van der Waals surface area contributed by atoms with Crippen LogP contribution in [0.15, 0.2) is 37.1 Å². The first-order valence-corrected chi connectivity index (χ1v) is 6.37. The van der Waals surface area contributed by atoms with E-state index in [1.165, 1.54) is 5.69 Å². The third-order valence-electron chi connectivity index (χ3n) is 3.20. The summed E-state index contributed by atoms with van der Waals surface area (Å²) >= 11 is 0. The van der Waals surface area contributed by atoms with Crippen LogP contribution in [0.4, 0.5) is 0 Å². The number of H-pyrrole nitrogens is 1. The number of imidazole rings is 1. The molecule has 0 fully saturated rings. The van der Waals surface area contributed by atoms with Crippen LogP contribution in [0.25, 0.3) is 0 Å². The fraction of sp³-hybridized carbons (Fsp3) is 0.500. The topological polar surface area (TPSA) is 45.6 Å². The molecule has 0 spiro atoms. The highest BCUT2D eigenvalue weighted by Gasteiger charge is 2.24. The van der Waals surface area contributed by atoms with Crippen molar-refractivity contribution in [3.63, 3.8) is 0 Å². The SMILES string of the molecule is CC(C)(C)C(Cn1ccnc1)NCc1ccc[nH]1. The lowest BCUT2D eigenvalue weighted by molar-refractivity contribution is 0.239. The van der Waals surface area contributed by atoms with Crippen LogP contribution in [0.5, 0.6) is 0 Å². The predicted molar refractivity (Wildman–Crippen MR) is 73.1 cm³/mol. The van der Waals surface area contributed by atoms with Gasteiger partial charge in [0, 0.05) is 43.4 Å². The predicted octanol–water partition coefficient (Wildman–Crippen LogP) is 2.42. The average molecular weight is 246 g/mol. The minimum Gasteiger partial charge on any atom is -0.364 e. The quantitative estimate of drug-likeness (QED) is 0.851. The smallest absolute Gasteiger partial charge is 0.0946 e. The van der Waals surface area contributed by atoms with Crippen LogP contribution >= 0.6 is 0 Å². The van der Waals surface area contributed by atoms with Crippen LogP contribution in [0.2, 0.25) is 0 Å². The van der Waals surface area contributed by atoms with Gasteiger partial charge in [-0.15, -0.1) is 0 Å². The first kappa shape index (κ1) is 12.9. The highest BCUT2D eigenvalue weighted by Crippen LogP contribution is 2.21. The molecule has 0 aromatic carbocycles. The Hall–Kier alpha value is -1.55. The summed E-state index contributed by atoms with van der Waals surface area (Å²) < 4.78 is 2.12. The molecule has 0 saturated heterocycles. The van der Waals surface area contributed by atoms with Crippen molar-refractivity contribution in [1.82, 2.24) is 19.9 Å². The normalized spacial score (nSPS) is 13.7. The van der Waals surface area contributed by atoms with Crippen molar-refractivity contribution in [2.24, 2.45) is 5.41 Å². The van der Waals surface area contributed by atoms with Gasteiger partial charge < -0.3 is 14.9 Å². The second-order valence-corrected chi connectivity index (χ2v) is 5.75. The van der Waals surface area contributed by atoms with E-state index in [4.69, 9.17) is 0 Å². The van der Waals surface area contributed by atoms with E-state index in [2.05, 4.69) is 46.7 Å². The lowest BCUT2D eigenvalue weighted by atomic mass is 9.86. The Morgan fingerprint density at radius 3 is 2.83 bits per heavy atom. The molecule has 2 heterocycles.